The van der Waals surface area contributed by atoms with Crippen LogP contribution in [0.25, 0.3) is 0 Å². The summed E-state index contributed by atoms with van der Waals surface area (Å²) in [7, 11) is 0. The van der Waals surface area contributed by atoms with Gasteiger partial charge in [-0.15, -0.1) is 0 Å². The minimum atomic E-state index is -0.235. The van der Waals surface area contributed by atoms with E-state index < -0.39 is 0 Å². The lowest BCUT2D eigenvalue weighted by Crippen LogP contribution is -1.96. The number of aldehydes is 1. The lowest BCUT2D eigenvalue weighted by atomic mass is 9.99. The van der Waals surface area contributed by atoms with E-state index in [1.807, 2.05) is 19.1 Å². The number of allylic oxidation sites excluding steroid dienone is 4. The first-order chi connectivity index (χ1) is 11.2. The van der Waals surface area contributed by atoms with Gasteiger partial charge in [-0.05, 0) is 58.1 Å². The molecule has 0 aliphatic rings. The Hall–Kier alpha value is -2.07. The Morgan fingerprint density at radius 1 is 1.12 bits per heavy atom. The van der Waals surface area contributed by atoms with Crippen LogP contribution in [0.5, 0.6) is 11.5 Å². The number of halogens is 1. The fraction of sp³-hybridized carbons (Fsp3) is 0.368. The zero-order valence-electron chi connectivity index (χ0n) is 14.4. The van der Waals surface area contributed by atoms with Crippen molar-refractivity contribution in [2.75, 3.05) is 0 Å². The fourth-order valence-electron chi connectivity index (χ4n) is 2.26. The van der Waals surface area contributed by atoms with Crippen LogP contribution in [0.4, 0.5) is 0 Å². The third kappa shape index (κ3) is 4.71. The molecule has 4 nitrogen and oxygen atoms in total. The lowest BCUT2D eigenvalue weighted by molar-refractivity contribution is -0.113. The summed E-state index contributed by atoms with van der Waals surface area (Å²) >= 11 is 6.02. The molecule has 0 atom stereocenters. The van der Waals surface area contributed by atoms with Gasteiger partial charge in [-0.1, -0.05) is 29.3 Å². The molecule has 0 saturated carbocycles. The summed E-state index contributed by atoms with van der Waals surface area (Å²) in [5, 5.41) is 20.4. The van der Waals surface area contributed by atoms with E-state index in [2.05, 4.69) is 0 Å². The highest BCUT2D eigenvalue weighted by molar-refractivity contribution is 6.33. The van der Waals surface area contributed by atoms with E-state index in [1.54, 1.807) is 13.8 Å². The Morgan fingerprint density at radius 3 is 2.29 bits per heavy atom. The van der Waals surface area contributed by atoms with Gasteiger partial charge in [-0.25, -0.2) is 0 Å². The summed E-state index contributed by atoms with van der Waals surface area (Å²) in [6, 6.07) is 0. The lowest BCUT2D eigenvalue weighted by Gasteiger charge is -2.13. The Bertz CT molecular complexity index is 715. The number of carbonyl (C=O) groups excluding carboxylic acids is 2. The number of aromatic hydroxyl groups is 2. The van der Waals surface area contributed by atoms with Gasteiger partial charge in [-0.2, -0.15) is 0 Å². The first-order valence-electron chi connectivity index (χ1n) is 7.72. The number of rotatable bonds is 7. The van der Waals surface area contributed by atoms with Gasteiger partial charge in [0.25, 0.3) is 0 Å². The Balaban J connectivity index is 2.94. The Kier molecular flexibility index (Phi) is 7.23. The maximum absolute atomic E-state index is 11.1. The molecule has 0 bridgehead atoms. The van der Waals surface area contributed by atoms with Crippen LogP contribution in [0.2, 0.25) is 5.02 Å². The SMILES string of the molecule is CC(=O)/C(C)=C/CC/C(C)=C/Cc1c(O)c(Cl)c(C)c(C=O)c1O. The van der Waals surface area contributed by atoms with Crippen LogP contribution in [0.15, 0.2) is 23.3 Å². The number of benzene rings is 1. The molecule has 0 unspecified atom stereocenters. The van der Waals surface area contributed by atoms with Gasteiger partial charge in [0, 0.05) is 5.56 Å². The minimum Gasteiger partial charge on any atom is -0.507 e. The molecule has 0 aromatic heterocycles. The summed E-state index contributed by atoms with van der Waals surface area (Å²) in [6.45, 7) is 6.82. The van der Waals surface area contributed by atoms with Gasteiger partial charge in [0.1, 0.15) is 11.5 Å². The van der Waals surface area contributed by atoms with Crippen molar-refractivity contribution in [2.24, 2.45) is 0 Å². The Labute approximate surface area is 147 Å². The standard InChI is InChI=1S/C19H23ClO4/c1-11(6-5-7-12(2)14(4)22)8-9-15-18(23)16(10-21)13(3)17(20)19(15)24/h7-8,10,23-24H,5-6,9H2,1-4H3/b11-8+,12-7+. The molecule has 1 aromatic carbocycles. The fourth-order valence-corrected chi connectivity index (χ4v) is 2.47. The van der Waals surface area contributed by atoms with Gasteiger partial charge < -0.3 is 10.2 Å². The second-order valence-electron chi connectivity index (χ2n) is 5.88. The number of phenolic OH excluding ortho intramolecular Hbond substituents is 2. The molecule has 130 valence electrons. The molecule has 24 heavy (non-hydrogen) atoms. The average Bonchev–Trinajstić information content (AvgIpc) is 2.53. The van der Waals surface area contributed by atoms with Gasteiger partial charge in [0.05, 0.1) is 10.6 Å². The van der Waals surface area contributed by atoms with Crippen molar-refractivity contribution >= 4 is 23.7 Å². The predicted molar refractivity (Wildman–Crippen MR) is 96.0 cm³/mol. The van der Waals surface area contributed by atoms with Crippen molar-refractivity contribution in [3.8, 4) is 11.5 Å². The normalized spacial score (nSPS) is 12.4. The van der Waals surface area contributed by atoms with E-state index in [4.69, 9.17) is 11.6 Å². The third-order valence-electron chi connectivity index (χ3n) is 4.08. The van der Waals surface area contributed by atoms with Gasteiger partial charge in [0.15, 0.2) is 12.1 Å². The smallest absolute Gasteiger partial charge is 0.155 e. The van der Waals surface area contributed by atoms with Crippen LogP contribution in [0, 0.1) is 6.92 Å². The molecule has 0 radical (unpaired) electrons. The summed E-state index contributed by atoms with van der Waals surface area (Å²) < 4.78 is 0. The first-order valence-corrected chi connectivity index (χ1v) is 8.09. The van der Waals surface area contributed by atoms with Crippen LogP contribution < -0.4 is 0 Å². The molecule has 0 spiro atoms. The zero-order valence-corrected chi connectivity index (χ0v) is 15.2. The first kappa shape index (κ1) is 20.0. The number of ketones is 1. The van der Waals surface area contributed by atoms with Gasteiger partial charge in [0.2, 0.25) is 0 Å². The molecule has 1 aromatic rings. The quantitative estimate of drug-likeness (QED) is 0.425. The molecule has 0 aliphatic carbocycles. The van der Waals surface area contributed by atoms with E-state index in [0.717, 1.165) is 24.0 Å². The number of carbonyl (C=O) groups is 2. The van der Waals surface area contributed by atoms with E-state index in [-0.39, 0.29) is 39.9 Å². The summed E-state index contributed by atoms with van der Waals surface area (Å²) in [5.74, 6) is -0.378. The molecule has 0 fully saturated rings. The number of phenols is 2. The Morgan fingerprint density at radius 2 is 1.75 bits per heavy atom. The number of hydrogen-bond donors (Lipinski definition) is 2. The van der Waals surface area contributed by atoms with Crippen molar-refractivity contribution in [3.63, 3.8) is 0 Å². The van der Waals surface area contributed by atoms with Crippen molar-refractivity contribution in [3.05, 3.63) is 45.0 Å². The van der Waals surface area contributed by atoms with Crippen molar-refractivity contribution in [1.82, 2.24) is 0 Å². The number of hydrogen-bond acceptors (Lipinski definition) is 4. The highest BCUT2D eigenvalue weighted by Crippen LogP contribution is 2.40. The predicted octanol–water partition coefficient (Wildman–Crippen LogP) is 4.68. The molecule has 0 amide bonds. The van der Waals surface area contributed by atoms with E-state index >= 15 is 0 Å². The second kappa shape index (κ2) is 8.69. The second-order valence-corrected chi connectivity index (χ2v) is 6.26. The third-order valence-corrected chi connectivity index (χ3v) is 4.55. The van der Waals surface area contributed by atoms with Crippen molar-refractivity contribution in [2.45, 2.75) is 47.0 Å². The molecular formula is C19H23ClO4. The maximum Gasteiger partial charge on any atom is 0.155 e. The summed E-state index contributed by atoms with van der Waals surface area (Å²) in [6.07, 6.45) is 6.05. The van der Waals surface area contributed by atoms with E-state index in [0.29, 0.717) is 11.8 Å². The average molecular weight is 351 g/mol. The highest BCUT2D eigenvalue weighted by Gasteiger charge is 2.19. The maximum atomic E-state index is 11.1. The molecule has 5 heteroatoms. The van der Waals surface area contributed by atoms with Crippen LogP contribution in [0.1, 0.15) is 55.1 Å². The summed E-state index contributed by atoms with van der Waals surface area (Å²) in [5.41, 5.74) is 2.47. The van der Waals surface area contributed by atoms with Crippen molar-refractivity contribution in [1.29, 1.82) is 0 Å². The van der Waals surface area contributed by atoms with Crippen LogP contribution >= 0.6 is 11.6 Å². The largest absolute Gasteiger partial charge is 0.507 e. The number of Topliss-reactive ketones (excluding diaryl/α,β-unsaturated/α-hetero) is 1. The summed E-state index contributed by atoms with van der Waals surface area (Å²) in [4.78, 5) is 22.3. The highest BCUT2D eigenvalue weighted by atomic mass is 35.5. The molecule has 2 N–H and O–H groups in total. The minimum absolute atomic E-state index is 0.0576. The van der Waals surface area contributed by atoms with Crippen LogP contribution in [-0.4, -0.2) is 22.3 Å². The molecule has 0 aliphatic heterocycles. The van der Waals surface area contributed by atoms with Gasteiger partial charge in [-0.3, -0.25) is 9.59 Å². The van der Waals surface area contributed by atoms with Crippen LogP contribution in [-0.2, 0) is 11.2 Å². The van der Waals surface area contributed by atoms with E-state index in [1.165, 1.54) is 6.92 Å². The molecular weight excluding hydrogens is 328 g/mol. The zero-order chi connectivity index (χ0) is 18.4. The molecule has 0 saturated heterocycles. The molecule has 1 rings (SSSR count). The van der Waals surface area contributed by atoms with Crippen molar-refractivity contribution < 1.29 is 19.8 Å². The van der Waals surface area contributed by atoms with Gasteiger partial charge >= 0.3 is 0 Å². The van der Waals surface area contributed by atoms with E-state index in [9.17, 15) is 19.8 Å². The molecule has 0 heterocycles. The topological polar surface area (TPSA) is 74.6 Å². The monoisotopic (exact) mass is 350 g/mol. The van der Waals surface area contributed by atoms with Crippen LogP contribution in [0.3, 0.4) is 0 Å².